The van der Waals surface area contributed by atoms with E-state index in [4.69, 9.17) is 0 Å². The summed E-state index contributed by atoms with van der Waals surface area (Å²) in [6.45, 7) is 0.850. The van der Waals surface area contributed by atoms with Crippen molar-refractivity contribution in [1.29, 1.82) is 0 Å². The lowest BCUT2D eigenvalue weighted by molar-refractivity contribution is 0.319. The van der Waals surface area contributed by atoms with Crippen LogP contribution < -0.4 is 5.69 Å². The molecule has 0 unspecified atom stereocenters. The van der Waals surface area contributed by atoms with E-state index in [1.807, 2.05) is 10.6 Å². The van der Waals surface area contributed by atoms with Crippen molar-refractivity contribution >= 4 is 11.0 Å². The number of H-pyrrole nitrogens is 1. The van der Waals surface area contributed by atoms with Crippen molar-refractivity contribution in [2.45, 2.75) is 38.6 Å². The highest BCUT2D eigenvalue weighted by Crippen LogP contribution is 2.25. The average molecular weight is 231 g/mol. The summed E-state index contributed by atoms with van der Waals surface area (Å²) in [4.78, 5) is 18.8. The van der Waals surface area contributed by atoms with Crippen LogP contribution >= 0.6 is 0 Å². The monoisotopic (exact) mass is 231 g/mol. The maximum atomic E-state index is 11.9. The Morgan fingerprint density at radius 2 is 2.18 bits per heavy atom. The van der Waals surface area contributed by atoms with Crippen molar-refractivity contribution in [3.8, 4) is 0 Å². The zero-order chi connectivity index (χ0) is 11.7. The van der Waals surface area contributed by atoms with E-state index in [1.54, 1.807) is 12.4 Å². The molecule has 90 valence electrons. The molecule has 3 rings (SSSR count). The molecule has 0 spiro atoms. The van der Waals surface area contributed by atoms with Gasteiger partial charge in [-0.05, 0) is 24.8 Å². The molecular weight excluding hydrogens is 214 g/mol. The summed E-state index contributed by atoms with van der Waals surface area (Å²) < 4.78 is 1.87. The minimum Gasteiger partial charge on any atom is -0.304 e. The molecule has 0 atom stereocenters. The van der Waals surface area contributed by atoms with E-state index in [-0.39, 0.29) is 5.69 Å². The van der Waals surface area contributed by atoms with Gasteiger partial charge in [0, 0.05) is 12.7 Å². The lowest BCUT2D eigenvalue weighted by atomic mass is 9.89. The fourth-order valence-corrected chi connectivity index (χ4v) is 2.82. The molecule has 1 fully saturated rings. The SMILES string of the molecule is O=c1[nH]c2cnccc2n1CC1CCCCC1. The Labute approximate surface area is 99.7 Å². The van der Waals surface area contributed by atoms with Gasteiger partial charge >= 0.3 is 5.69 Å². The van der Waals surface area contributed by atoms with Crippen LogP contribution in [0.4, 0.5) is 0 Å². The van der Waals surface area contributed by atoms with Gasteiger partial charge in [-0.3, -0.25) is 9.55 Å². The second-order valence-corrected chi connectivity index (χ2v) is 4.94. The van der Waals surface area contributed by atoms with Gasteiger partial charge in [0.25, 0.3) is 0 Å². The van der Waals surface area contributed by atoms with Crippen molar-refractivity contribution in [2.75, 3.05) is 0 Å². The number of imidazole rings is 1. The van der Waals surface area contributed by atoms with Crippen molar-refractivity contribution in [3.63, 3.8) is 0 Å². The molecule has 4 nitrogen and oxygen atoms in total. The normalized spacial score (nSPS) is 17.6. The third-order valence-electron chi connectivity index (χ3n) is 3.74. The highest BCUT2D eigenvalue weighted by atomic mass is 16.1. The van der Waals surface area contributed by atoms with Crippen molar-refractivity contribution in [2.24, 2.45) is 5.92 Å². The van der Waals surface area contributed by atoms with Crippen molar-refractivity contribution < 1.29 is 0 Å². The molecule has 1 aliphatic rings. The first kappa shape index (κ1) is 10.6. The Hall–Kier alpha value is -1.58. The van der Waals surface area contributed by atoms with E-state index in [2.05, 4.69) is 9.97 Å². The standard InChI is InChI=1S/C13H17N3O/c17-13-15-11-8-14-7-6-12(11)16(13)9-10-4-2-1-3-5-10/h6-8,10H,1-5,9H2,(H,15,17). The molecular formula is C13H17N3O. The summed E-state index contributed by atoms with van der Waals surface area (Å²) in [7, 11) is 0. The van der Waals surface area contributed by atoms with Crippen LogP contribution in [0.1, 0.15) is 32.1 Å². The summed E-state index contributed by atoms with van der Waals surface area (Å²) in [5, 5.41) is 0. The quantitative estimate of drug-likeness (QED) is 0.862. The Bertz CT molecular complexity index is 563. The van der Waals surface area contributed by atoms with Gasteiger partial charge < -0.3 is 4.98 Å². The maximum Gasteiger partial charge on any atom is 0.326 e. The molecule has 0 bridgehead atoms. The molecule has 1 aliphatic carbocycles. The second kappa shape index (κ2) is 4.35. The number of nitrogens with one attached hydrogen (secondary N) is 1. The van der Waals surface area contributed by atoms with Crippen LogP contribution in [0.3, 0.4) is 0 Å². The first-order valence-corrected chi connectivity index (χ1v) is 6.37. The summed E-state index contributed by atoms with van der Waals surface area (Å²) in [5.74, 6) is 0.661. The lowest BCUT2D eigenvalue weighted by Gasteiger charge is -2.21. The highest BCUT2D eigenvalue weighted by molar-refractivity contribution is 5.73. The topological polar surface area (TPSA) is 50.7 Å². The maximum absolute atomic E-state index is 11.9. The van der Waals surface area contributed by atoms with Crippen LogP contribution in [0.2, 0.25) is 0 Å². The zero-order valence-corrected chi connectivity index (χ0v) is 9.85. The molecule has 2 heterocycles. The van der Waals surface area contributed by atoms with Crippen LogP contribution in [-0.2, 0) is 6.54 Å². The molecule has 0 saturated heterocycles. The average Bonchev–Trinajstić information content (AvgIpc) is 2.68. The van der Waals surface area contributed by atoms with Crippen molar-refractivity contribution in [3.05, 3.63) is 28.9 Å². The largest absolute Gasteiger partial charge is 0.326 e. The van der Waals surface area contributed by atoms with Gasteiger partial charge in [-0.15, -0.1) is 0 Å². The number of aromatic nitrogens is 3. The lowest BCUT2D eigenvalue weighted by Crippen LogP contribution is -2.22. The minimum absolute atomic E-state index is 0.00132. The molecule has 0 radical (unpaired) electrons. The zero-order valence-electron chi connectivity index (χ0n) is 9.85. The number of aromatic amines is 1. The molecule has 17 heavy (non-hydrogen) atoms. The summed E-state index contributed by atoms with van der Waals surface area (Å²) in [6, 6.07) is 1.91. The molecule has 4 heteroatoms. The molecule has 0 aromatic carbocycles. The van der Waals surface area contributed by atoms with Gasteiger partial charge in [-0.2, -0.15) is 0 Å². The molecule has 1 N–H and O–H groups in total. The number of nitrogens with zero attached hydrogens (tertiary/aromatic N) is 2. The third kappa shape index (κ3) is 1.99. The number of hydrogen-bond donors (Lipinski definition) is 1. The molecule has 0 amide bonds. The summed E-state index contributed by atoms with van der Waals surface area (Å²) >= 11 is 0. The van der Waals surface area contributed by atoms with Crippen LogP contribution in [0.15, 0.2) is 23.3 Å². The van der Waals surface area contributed by atoms with E-state index >= 15 is 0 Å². The van der Waals surface area contributed by atoms with Gasteiger partial charge in [0.15, 0.2) is 0 Å². The van der Waals surface area contributed by atoms with E-state index < -0.39 is 0 Å². The van der Waals surface area contributed by atoms with Gasteiger partial charge in [0.2, 0.25) is 0 Å². The van der Waals surface area contributed by atoms with Gasteiger partial charge in [-0.25, -0.2) is 4.79 Å². The predicted octanol–water partition coefficient (Wildman–Crippen LogP) is 2.30. The first-order chi connectivity index (χ1) is 8.34. The fourth-order valence-electron chi connectivity index (χ4n) is 2.82. The van der Waals surface area contributed by atoms with Gasteiger partial charge in [0.1, 0.15) is 0 Å². The Morgan fingerprint density at radius 1 is 1.35 bits per heavy atom. The number of hydrogen-bond acceptors (Lipinski definition) is 2. The number of rotatable bonds is 2. The van der Waals surface area contributed by atoms with Crippen LogP contribution in [0, 0.1) is 5.92 Å². The number of pyridine rings is 1. The fraction of sp³-hybridized carbons (Fsp3) is 0.538. The Kier molecular flexibility index (Phi) is 2.71. The predicted molar refractivity (Wildman–Crippen MR) is 66.9 cm³/mol. The third-order valence-corrected chi connectivity index (χ3v) is 3.74. The van der Waals surface area contributed by atoms with E-state index in [0.29, 0.717) is 5.92 Å². The van der Waals surface area contributed by atoms with Crippen LogP contribution in [0.25, 0.3) is 11.0 Å². The van der Waals surface area contributed by atoms with Crippen LogP contribution in [0.5, 0.6) is 0 Å². The van der Waals surface area contributed by atoms with Crippen molar-refractivity contribution in [1.82, 2.24) is 14.5 Å². The Balaban J connectivity index is 1.93. The van der Waals surface area contributed by atoms with Gasteiger partial charge in [-0.1, -0.05) is 19.3 Å². The highest BCUT2D eigenvalue weighted by Gasteiger charge is 2.16. The Morgan fingerprint density at radius 3 is 3.00 bits per heavy atom. The molecule has 2 aromatic rings. The molecule has 0 aliphatic heterocycles. The van der Waals surface area contributed by atoms with E-state index in [1.165, 1.54) is 32.1 Å². The minimum atomic E-state index is -0.00132. The van der Waals surface area contributed by atoms with Gasteiger partial charge in [0.05, 0.1) is 17.2 Å². The summed E-state index contributed by atoms with van der Waals surface area (Å²) in [6.07, 6.45) is 9.94. The summed E-state index contributed by atoms with van der Waals surface area (Å²) in [5.41, 5.74) is 1.82. The second-order valence-electron chi connectivity index (χ2n) is 4.94. The molecule has 1 saturated carbocycles. The number of fused-ring (bicyclic) bond motifs is 1. The van der Waals surface area contributed by atoms with E-state index in [0.717, 1.165) is 17.6 Å². The van der Waals surface area contributed by atoms with E-state index in [9.17, 15) is 4.79 Å². The van der Waals surface area contributed by atoms with Crippen LogP contribution in [-0.4, -0.2) is 14.5 Å². The molecule has 2 aromatic heterocycles. The first-order valence-electron chi connectivity index (χ1n) is 6.37. The smallest absolute Gasteiger partial charge is 0.304 e.